The Morgan fingerprint density at radius 1 is 1.27 bits per heavy atom. The van der Waals surface area contributed by atoms with Gasteiger partial charge in [0.2, 0.25) is 0 Å². The molecule has 5 nitrogen and oxygen atoms in total. The van der Waals surface area contributed by atoms with Gasteiger partial charge in [0.25, 0.3) is 5.91 Å². The van der Waals surface area contributed by atoms with Crippen molar-refractivity contribution >= 4 is 46.3 Å². The molecule has 0 spiro atoms. The van der Waals surface area contributed by atoms with Crippen LogP contribution in [0.2, 0.25) is 0 Å². The van der Waals surface area contributed by atoms with Crippen LogP contribution in [0.1, 0.15) is 44.6 Å². The van der Waals surface area contributed by atoms with E-state index in [-0.39, 0.29) is 18.9 Å². The first-order valence-corrected chi connectivity index (χ1v) is 9.93. The molecule has 1 aromatic rings. The third kappa shape index (κ3) is 6.14. The average molecular weight is 394 g/mol. The number of nitrogens with zero attached hydrogens (tertiary/aromatic N) is 1. The van der Waals surface area contributed by atoms with E-state index in [2.05, 4.69) is 6.92 Å². The van der Waals surface area contributed by atoms with Crippen LogP contribution >= 0.6 is 24.0 Å². The number of hydrogen-bond acceptors (Lipinski definition) is 5. The highest BCUT2D eigenvalue weighted by atomic mass is 32.2. The molecule has 2 rings (SSSR count). The Balaban J connectivity index is 1.91. The molecule has 1 N–H and O–H groups in total. The minimum Gasteiger partial charge on any atom is -0.494 e. The normalized spacial score (nSPS) is 15.7. The van der Waals surface area contributed by atoms with Gasteiger partial charge in [0.15, 0.2) is 0 Å². The lowest BCUT2D eigenvalue weighted by Gasteiger charge is -2.12. The van der Waals surface area contributed by atoms with Gasteiger partial charge in [-0.3, -0.25) is 14.5 Å². The number of carbonyl (C=O) groups excluding carboxylic acids is 1. The van der Waals surface area contributed by atoms with E-state index in [9.17, 15) is 9.59 Å². The van der Waals surface area contributed by atoms with Crippen LogP contribution in [0.5, 0.6) is 5.75 Å². The molecule has 0 unspecified atom stereocenters. The largest absolute Gasteiger partial charge is 0.494 e. The third-order valence-corrected chi connectivity index (χ3v) is 5.25. The van der Waals surface area contributed by atoms with Gasteiger partial charge in [-0.2, -0.15) is 0 Å². The van der Waals surface area contributed by atoms with E-state index in [1.165, 1.54) is 35.9 Å². The van der Waals surface area contributed by atoms with Gasteiger partial charge in [-0.05, 0) is 30.2 Å². The first-order chi connectivity index (χ1) is 12.5. The molecular formula is C19H23NO4S2. The summed E-state index contributed by atoms with van der Waals surface area (Å²) in [6.45, 7) is 2.99. The van der Waals surface area contributed by atoms with Crippen molar-refractivity contribution in [2.75, 3.05) is 13.2 Å². The first kappa shape index (κ1) is 20.5. The summed E-state index contributed by atoms with van der Waals surface area (Å²) in [5, 5.41) is 8.76. The molecular weight excluding hydrogens is 370 g/mol. The summed E-state index contributed by atoms with van der Waals surface area (Å²) < 4.78 is 6.11. The lowest BCUT2D eigenvalue weighted by Crippen LogP contribution is -2.30. The van der Waals surface area contributed by atoms with Crippen molar-refractivity contribution in [1.82, 2.24) is 4.90 Å². The number of hydrogen-bond donors (Lipinski definition) is 1. The fraction of sp³-hybridized carbons (Fsp3) is 0.421. The molecule has 1 heterocycles. The predicted octanol–water partition coefficient (Wildman–Crippen LogP) is 4.32. The highest BCUT2D eigenvalue weighted by Crippen LogP contribution is 2.32. The second kappa shape index (κ2) is 10.3. The summed E-state index contributed by atoms with van der Waals surface area (Å²) in [5.74, 6) is -0.376. The maximum absolute atomic E-state index is 12.4. The molecule has 1 amide bonds. The second-order valence-corrected chi connectivity index (χ2v) is 7.63. The fourth-order valence-corrected chi connectivity index (χ4v) is 3.74. The van der Waals surface area contributed by atoms with Gasteiger partial charge in [-0.1, -0.05) is 62.3 Å². The maximum atomic E-state index is 12.4. The molecule has 0 atom stereocenters. The van der Waals surface area contributed by atoms with Crippen molar-refractivity contribution in [3.63, 3.8) is 0 Å². The standard InChI is InChI=1S/C19H23NO4S2/c1-2-3-4-5-12-24-15-8-6-14(7-9-15)13-16-18(23)20(19(25)26-16)11-10-17(21)22/h6-9,13H,2-5,10-12H2,1H3,(H,21,22)/b16-13+. The number of thioether (sulfide) groups is 1. The summed E-state index contributed by atoms with van der Waals surface area (Å²) in [4.78, 5) is 24.9. The number of carboxylic acid groups (broad SMARTS) is 1. The molecule has 7 heteroatoms. The van der Waals surface area contributed by atoms with Gasteiger partial charge in [0.1, 0.15) is 10.1 Å². The van der Waals surface area contributed by atoms with E-state index in [1.54, 1.807) is 6.08 Å². The number of carboxylic acids is 1. The van der Waals surface area contributed by atoms with E-state index in [4.69, 9.17) is 22.1 Å². The molecule has 1 saturated heterocycles. The molecule has 1 aliphatic heterocycles. The number of aliphatic carboxylic acids is 1. The van der Waals surface area contributed by atoms with Crippen LogP contribution in [0.15, 0.2) is 29.2 Å². The van der Waals surface area contributed by atoms with Gasteiger partial charge in [0, 0.05) is 6.54 Å². The fourth-order valence-electron chi connectivity index (χ4n) is 2.43. The smallest absolute Gasteiger partial charge is 0.305 e. The lowest BCUT2D eigenvalue weighted by molar-refractivity contribution is -0.137. The van der Waals surface area contributed by atoms with E-state index in [1.807, 2.05) is 24.3 Å². The highest BCUT2D eigenvalue weighted by Gasteiger charge is 2.31. The first-order valence-electron chi connectivity index (χ1n) is 8.71. The summed E-state index contributed by atoms with van der Waals surface area (Å²) in [7, 11) is 0. The monoisotopic (exact) mass is 393 g/mol. The number of ether oxygens (including phenoxy) is 1. The number of unbranched alkanes of at least 4 members (excludes halogenated alkanes) is 3. The Hall–Kier alpha value is -1.86. The molecule has 1 aliphatic rings. The van der Waals surface area contributed by atoms with Gasteiger partial charge < -0.3 is 9.84 Å². The van der Waals surface area contributed by atoms with Crippen LogP contribution in [-0.2, 0) is 9.59 Å². The topological polar surface area (TPSA) is 66.8 Å². The molecule has 26 heavy (non-hydrogen) atoms. The molecule has 0 aromatic heterocycles. The SMILES string of the molecule is CCCCCCOc1ccc(/C=C2/SC(=S)N(CCC(=O)O)C2=O)cc1. The second-order valence-electron chi connectivity index (χ2n) is 5.96. The van der Waals surface area contributed by atoms with Crippen LogP contribution < -0.4 is 4.74 Å². The van der Waals surface area contributed by atoms with Crippen molar-refractivity contribution in [3.8, 4) is 5.75 Å². The van der Waals surface area contributed by atoms with Crippen molar-refractivity contribution in [1.29, 1.82) is 0 Å². The number of rotatable bonds is 10. The van der Waals surface area contributed by atoms with Crippen LogP contribution in [0.3, 0.4) is 0 Å². The quantitative estimate of drug-likeness (QED) is 0.363. The Bertz CT molecular complexity index is 685. The van der Waals surface area contributed by atoms with Gasteiger partial charge >= 0.3 is 5.97 Å². The zero-order valence-electron chi connectivity index (χ0n) is 14.8. The van der Waals surface area contributed by atoms with Crippen molar-refractivity contribution < 1.29 is 19.4 Å². The molecule has 0 bridgehead atoms. The number of amides is 1. The van der Waals surface area contributed by atoms with Crippen LogP contribution in [-0.4, -0.2) is 39.4 Å². The van der Waals surface area contributed by atoms with E-state index in [0.29, 0.717) is 15.8 Å². The minimum absolute atomic E-state index is 0.0994. The Labute approximate surface area is 163 Å². The van der Waals surface area contributed by atoms with E-state index < -0.39 is 5.97 Å². The maximum Gasteiger partial charge on any atom is 0.305 e. The van der Waals surface area contributed by atoms with Crippen molar-refractivity contribution in [2.45, 2.75) is 39.0 Å². The Morgan fingerprint density at radius 2 is 2.00 bits per heavy atom. The molecule has 0 saturated carbocycles. The Kier molecular flexibility index (Phi) is 8.12. The number of thiocarbonyl (C=S) groups is 1. The zero-order valence-corrected chi connectivity index (χ0v) is 16.4. The van der Waals surface area contributed by atoms with Crippen molar-refractivity contribution in [2.24, 2.45) is 0 Å². The molecule has 1 fully saturated rings. The summed E-state index contributed by atoms with van der Waals surface area (Å²) in [5.41, 5.74) is 0.877. The summed E-state index contributed by atoms with van der Waals surface area (Å²) in [6, 6.07) is 7.56. The average Bonchev–Trinajstić information content (AvgIpc) is 2.87. The summed E-state index contributed by atoms with van der Waals surface area (Å²) >= 11 is 6.37. The van der Waals surface area contributed by atoms with Crippen LogP contribution in [0.25, 0.3) is 6.08 Å². The molecule has 0 radical (unpaired) electrons. The lowest BCUT2D eigenvalue weighted by atomic mass is 10.2. The van der Waals surface area contributed by atoms with Gasteiger partial charge in [-0.15, -0.1) is 0 Å². The molecule has 1 aromatic carbocycles. The number of benzene rings is 1. The van der Waals surface area contributed by atoms with Crippen LogP contribution in [0.4, 0.5) is 0 Å². The van der Waals surface area contributed by atoms with Crippen LogP contribution in [0, 0.1) is 0 Å². The third-order valence-electron chi connectivity index (χ3n) is 3.87. The molecule has 140 valence electrons. The predicted molar refractivity (Wildman–Crippen MR) is 108 cm³/mol. The van der Waals surface area contributed by atoms with E-state index >= 15 is 0 Å². The highest BCUT2D eigenvalue weighted by molar-refractivity contribution is 8.26. The van der Waals surface area contributed by atoms with Crippen molar-refractivity contribution in [3.05, 3.63) is 34.7 Å². The minimum atomic E-state index is -0.951. The summed E-state index contributed by atoms with van der Waals surface area (Å²) in [6.07, 6.45) is 6.31. The van der Waals surface area contributed by atoms with Gasteiger partial charge in [0.05, 0.1) is 17.9 Å². The number of carbonyl (C=O) groups is 2. The molecule has 0 aliphatic carbocycles. The van der Waals surface area contributed by atoms with Gasteiger partial charge in [-0.25, -0.2) is 0 Å². The van der Waals surface area contributed by atoms with E-state index in [0.717, 1.165) is 17.7 Å². The Morgan fingerprint density at radius 3 is 2.65 bits per heavy atom. The zero-order chi connectivity index (χ0) is 18.9.